The molecular weight excluding hydrogens is 232 g/mol. The molecule has 1 heterocycles. The molecule has 0 bridgehead atoms. The molecule has 0 saturated carbocycles. The summed E-state index contributed by atoms with van der Waals surface area (Å²) in [5.41, 5.74) is -1.23. The Labute approximate surface area is 107 Å². The van der Waals surface area contributed by atoms with Crippen molar-refractivity contribution in [2.24, 2.45) is 11.3 Å². The number of ether oxygens (including phenoxy) is 2. The second kappa shape index (κ2) is 5.84. The summed E-state index contributed by atoms with van der Waals surface area (Å²) in [7, 11) is 0. The number of nitrogens with zero attached hydrogens (tertiary/aromatic N) is 2. The van der Waals surface area contributed by atoms with Crippen molar-refractivity contribution in [1.82, 2.24) is 0 Å². The van der Waals surface area contributed by atoms with Crippen LogP contribution in [0.5, 0.6) is 0 Å². The quantitative estimate of drug-likeness (QED) is 0.710. The average Bonchev–Trinajstić information content (AvgIpc) is 2.69. The van der Waals surface area contributed by atoms with Gasteiger partial charge in [-0.15, -0.1) is 0 Å². The largest absolute Gasteiger partial charge is 0.466 e. The summed E-state index contributed by atoms with van der Waals surface area (Å²) in [4.78, 5) is 11.5. The molecule has 0 N–H and O–H groups in total. The topological polar surface area (TPSA) is 83.1 Å². The number of hydrogen-bond acceptors (Lipinski definition) is 5. The van der Waals surface area contributed by atoms with Gasteiger partial charge in [0.2, 0.25) is 0 Å². The van der Waals surface area contributed by atoms with Gasteiger partial charge in [0.25, 0.3) is 0 Å². The van der Waals surface area contributed by atoms with Crippen molar-refractivity contribution >= 4 is 5.97 Å². The Morgan fingerprint density at radius 1 is 1.50 bits per heavy atom. The van der Waals surface area contributed by atoms with Gasteiger partial charge in [0.1, 0.15) is 6.10 Å². The van der Waals surface area contributed by atoms with Crippen molar-refractivity contribution in [3.05, 3.63) is 0 Å². The molecule has 5 heteroatoms. The lowest BCUT2D eigenvalue weighted by Crippen LogP contribution is -2.30. The van der Waals surface area contributed by atoms with Crippen LogP contribution < -0.4 is 0 Å². The molecule has 0 radical (unpaired) electrons. The van der Waals surface area contributed by atoms with Crippen LogP contribution in [0.15, 0.2) is 0 Å². The maximum atomic E-state index is 11.5. The number of rotatable bonds is 4. The number of carbonyl (C=O) groups excluding carboxylic acids is 1. The van der Waals surface area contributed by atoms with E-state index in [4.69, 9.17) is 9.47 Å². The van der Waals surface area contributed by atoms with Gasteiger partial charge in [0.05, 0.1) is 31.3 Å². The zero-order chi connectivity index (χ0) is 13.8. The van der Waals surface area contributed by atoms with E-state index >= 15 is 0 Å². The standard InChI is InChI=1S/C13H18N2O3/c1-4-17-12(16)5-11-13(7-14,8-15)6-10(18-11)9(2)3/h9-11H,4-6H2,1-3H3/t10-,11-/m1/s1. The van der Waals surface area contributed by atoms with Gasteiger partial charge in [0, 0.05) is 6.42 Å². The number of nitriles is 2. The highest BCUT2D eigenvalue weighted by Crippen LogP contribution is 2.41. The lowest BCUT2D eigenvalue weighted by Gasteiger charge is -2.18. The third kappa shape index (κ3) is 2.80. The molecule has 0 amide bonds. The van der Waals surface area contributed by atoms with Gasteiger partial charge in [-0.1, -0.05) is 13.8 Å². The Balaban J connectivity index is 2.84. The van der Waals surface area contributed by atoms with Gasteiger partial charge < -0.3 is 9.47 Å². The van der Waals surface area contributed by atoms with Crippen LogP contribution in [-0.4, -0.2) is 24.8 Å². The van der Waals surface area contributed by atoms with Crippen LogP contribution in [0.4, 0.5) is 0 Å². The Bertz CT molecular complexity index is 378. The summed E-state index contributed by atoms with van der Waals surface area (Å²) in [5.74, 6) is -0.222. The Kier molecular flexibility index (Phi) is 4.69. The highest BCUT2D eigenvalue weighted by Gasteiger charge is 2.51. The fourth-order valence-corrected chi connectivity index (χ4v) is 2.07. The van der Waals surface area contributed by atoms with Crippen LogP contribution in [-0.2, 0) is 14.3 Å². The maximum Gasteiger partial charge on any atom is 0.308 e. The predicted octanol–water partition coefficient (Wildman–Crippen LogP) is 1.79. The molecule has 0 aliphatic carbocycles. The van der Waals surface area contributed by atoms with E-state index in [9.17, 15) is 15.3 Å². The van der Waals surface area contributed by atoms with Crippen LogP contribution in [0, 0.1) is 34.0 Å². The van der Waals surface area contributed by atoms with Gasteiger partial charge >= 0.3 is 5.97 Å². The molecule has 0 aromatic rings. The van der Waals surface area contributed by atoms with Gasteiger partial charge in [0.15, 0.2) is 5.41 Å². The van der Waals surface area contributed by atoms with E-state index in [2.05, 4.69) is 0 Å². The molecule has 1 fully saturated rings. The molecule has 1 aliphatic heterocycles. The van der Waals surface area contributed by atoms with Crippen LogP contribution in [0.2, 0.25) is 0 Å². The molecule has 1 rings (SSSR count). The first kappa shape index (κ1) is 14.5. The lowest BCUT2D eigenvalue weighted by atomic mass is 9.80. The molecule has 98 valence electrons. The molecule has 0 aromatic carbocycles. The molecule has 2 atom stereocenters. The van der Waals surface area contributed by atoms with E-state index in [1.807, 2.05) is 26.0 Å². The second-order valence-corrected chi connectivity index (χ2v) is 4.82. The first-order chi connectivity index (χ1) is 8.49. The smallest absolute Gasteiger partial charge is 0.308 e. The van der Waals surface area contributed by atoms with Crippen molar-refractivity contribution in [2.45, 2.75) is 45.8 Å². The highest BCUT2D eigenvalue weighted by molar-refractivity contribution is 5.70. The summed E-state index contributed by atoms with van der Waals surface area (Å²) in [6.45, 7) is 5.94. The third-order valence-electron chi connectivity index (χ3n) is 3.21. The van der Waals surface area contributed by atoms with Gasteiger partial charge in [-0.05, 0) is 12.8 Å². The fraction of sp³-hybridized carbons (Fsp3) is 0.769. The van der Waals surface area contributed by atoms with Crippen LogP contribution in [0.3, 0.4) is 0 Å². The Morgan fingerprint density at radius 3 is 2.56 bits per heavy atom. The average molecular weight is 250 g/mol. The third-order valence-corrected chi connectivity index (χ3v) is 3.21. The zero-order valence-corrected chi connectivity index (χ0v) is 11.0. The second-order valence-electron chi connectivity index (χ2n) is 4.82. The van der Waals surface area contributed by atoms with E-state index in [0.717, 1.165) is 0 Å². The van der Waals surface area contributed by atoms with Crippen molar-refractivity contribution < 1.29 is 14.3 Å². The van der Waals surface area contributed by atoms with Gasteiger partial charge in [-0.2, -0.15) is 10.5 Å². The number of hydrogen-bond donors (Lipinski definition) is 0. The summed E-state index contributed by atoms with van der Waals surface area (Å²) in [5, 5.41) is 18.4. The predicted molar refractivity (Wildman–Crippen MR) is 63.0 cm³/mol. The lowest BCUT2D eigenvalue weighted by molar-refractivity contribution is -0.147. The van der Waals surface area contributed by atoms with Crippen LogP contribution in [0.1, 0.15) is 33.6 Å². The molecule has 5 nitrogen and oxygen atoms in total. The molecule has 0 unspecified atom stereocenters. The summed E-state index contributed by atoms with van der Waals surface area (Å²) >= 11 is 0. The van der Waals surface area contributed by atoms with Crippen molar-refractivity contribution in [3.8, 4) is 12.1 Å². The van der Waals surface area contributed by atoms with E-state index in [-0.39, 0.29) is 25.0 Å². The first-order valence-corrected chi connectivity index (χ1v) is 6.12. The minimum Gasteiger partial charge on any atom is -0.466 e. The van der Waals surface area contributed by atoms with E-state index < -0.39 is 17.5 Å². The first-order valence-electron chi connectivity index (χ1n) is 6.12. The molecular formula is C13H18N2O3. The van der Waals surface area contributed by atoms with E-state index in [1.165, 1.54) is 0 Å². The molecule has 0 spiro atoms. The maximum absolute atomic E-state index is 11.5. The molecule has 1 aliphatic rings. The highest BCUT2D eigenvalue weighted by atomic mass is 16.5. The molecule has 1 saturated heterocycles. The van der Waals surface area contributed by atoms with Crippen molar-refractivity contribution in [3.63, 3.8) is 0 Å². The number of carbonyl (C=O) groups is 1. The van der Waals surface area contributed by atoms with Gasteiger partial charge in [-0.3, -0.25) is 4.79 Å². The van der Waals surface area contributed by atoms with Crippen LogP contribution in [0.25, 0.3) is 0 Å². The SMILES string of the molecule is CCOC(=O)C[C@H]1O[C@@H](C(C)C)CC1(C#N)C#N. The normalized spacial score (nSPS) is 25.4. The van der Waals surface area contributed by atoms with Crippen LogP contribution >= 0.6 is 0 Å². The zero-order valence-electron chi connectivity index (χ0n) is 11.0. The minimum absolute atomic E-state index is 0.0435. The monoisotopic (exact) mass is 250 g/mol. The summed E-state index contributed by atoms with van der Waals surface area (Å²) in [6.07, 6.45) is -0.553. The van der Waals surface area contributed by atoms with E-state index in [1.54, 1.807) is 6.92 Å². The molecule has 18 heavy (non-hydrogen) atoms. The Hall–Kier alpha value is -1.59. The van der Waals surface area contributed by atoms with E-state index in [0.29, 0.717) is 6.42 Å². The molecule has 0 aromatic heterocycles. The Morgan fingerprint density at radius 2 is 2.11 bits per heavy atom. The van der Waals surface area contributed by atoms with Crippen molar-refractivity contribution in [2.75, 3.05) is 6.61 Å². The fourth-order valence-electron chi connectivity index (χ4n) is 2.07. The summed E-state index contributed by atoms with van der Waals surface area (Å²) < 4.78 is 10.5. The summed E-state index contributed by atoms with van der Waals surface area (Å²) in [6, 6.07) is 4.03. The number of esters is 1. The minimum atomic E-state index is -1.23. The van der Waals surface area contributed by atoms with Gasteiger partial charge in [-0.25, -0.2) is 0 Å². The van der Waals surface area contributed by atoms with Crippen molar-refractivity contribution in [1.29, 1.82) is 10.5 Å².